The van der Waals surface area contributed by atoms with Gasteiger partial charge in [0, 0.05) is 7.05 Å². The summed E-state index contributed by atoms with van der Waals surface area (Å²) in [6.45, 7) is 7.55. The molecule has 0 aliphatic carbocycles. The van der Waals surface area contributed by atoms with Crippen molar-refractivity contribution in [1.82, 2.24) is 9.62 Å². The minimum absolute atomic E-state index is 0.134. The monoisotopic (exact) mass is 388 g/mol. The van der Waals surface area contributed by atoms with E-state index in [9.17, 15) is 13.2 Å². The van der Waals surface area contributed by atoms with Crippen LogP contribution in [0, 0.1) is 12.8 Å². The van der Waals surface area contributed by atoms with E-state index >= 15 is 0 Å². The summed E-state index contributed by atoms with van der Waals surface area (Å²) in [6.07, 6.45) is 0. The Balaban J connectivity index is 2.18. The van der Waals surface area contributed by atoms with Crippen LogP contribution in [-0.4, -0.2) is 32.3 Å². The molecular weight excluding hydrogens is 360 g/mol. The van der Waals surface area contributed by atoms with Crippen molar-refractivity contribution < 1.29 is 13.2 Å². The minimum Gasteiger partial charge on any atom is -0.337 e. The van der Waals surface area contributed by atoms with Crippen LogP contribution in [0.4, 0.5) is 0 Å². The Morgan fingerprint density at radius 3 is 2.04 bits per heavy atom. The fourth-order valence-corrected chi connectivity index (χ4v) is 4.41. The molecule has 146 valence electrons. The highest BCUT2D eigenvalue weighted by molar-refractivity contribution is 7.89. The number of carbonyl (C=O) groups is 1. The van der Waals surface area contributed by atoms with Gasteiger partial charge in [0.15, 0.2) is 0 Å². The van der Waals surface area contributed by atoms with Crippen molar-refractivity contribution in [3.8, 4) is 0 Å². The number of carbonyl (C=O) groups excluding carboxylic acids is 1. The second kappa shape index (κ2) is 8.67. The predicted molar refractivity (Wildman–Crippen MR) is 108 cm³/mol. The SMILES string of the molecule is Cc1ccc(S(=O)(=O)N[C@@H](C)C(=O)N(C)C(c2ccccc2)C(C)C)cc1. The molecular formula is C21H28N2O3S. The molecule has 2 aromatic carbocycles. The third-order valence-electron chi connectivity index (χ3n) is 4.57. The van der Waals surface area contributed by atoms with E-state index in [4.69, 9.17) is 0 Å². The summed E-state index contributed by atoms with van der Waals surface area (Å²) in [5, 5.41) is 0. The third kappa shape index (κ3) is 5.17. The zero-order valence-electron chi connectivity index (χ0n) is 16.5. The summed E-state index contributed by atoms with van der Waals surface area (Å²) < 4.78 is 27.6. The van der Waals surface area contributed by atoms with Crippen LogP contribution in [0.5, 0.6) is 0 Å². The molecule has 1 N–H and O–H groups in total. The zero-order valence-corrected chi connectivity index (χ0v) is 17.3. The van der Waals surface area contributed by atoms with Crippen molar-refractivity contribution in [3.63, 3.8) is 0 Å². The Bertz CT molecular complexity index is 862. The van der Waals surface area contributed by atoms with Crippen LogP contribution >= 0.6 is 0 Å². The van der Waals surface area contributed by atoms with E-state index in [1.165, 1.54) is 0 Å². The van der Waals surface area contributed by atoms with Gasteiger partial charge in [-0.15, -0.1) is 0 Å². The average Bonchev–Trinajstić information content (AvgIpc) is 2.61. The molecule has 2 aromatic rings. The molecule has 0 heterocycles. The van der Waals surface area contributed by atoms with Gasteiger partial charge in [0.1, 0.15) is 0 Å². The van der Waals surface area contributed by atoms with Crippen LogP contribution in [0.2, 0.25) is 0 Å². The number of amides is 1. The van der Waals surface area contributed by atoms with E-state index in [1.54, 1.807) is 43.1 Å². The fourth-order valence-electron chi connectivity index (χ4n) is 3.22. The number of aryl methyl sites for hydroxylation is 1. The van der Waals surface area contributed by atoms with Gasteiger partial charge >= 0.3 is 0 Å². The second-order valence-electron chi connectivity index (χ2n) is 7.20. The highest BCUT2D eigenvalue weighted by Crippen LogP contribution is 2.28. The first-order valence-electron chi connectivity index (χ1n) is 9.04. The summed E-state index contributed by atoms with van der Waals surface area (Å²) in [6, 6.07) is 15.3. The lowest BCUT2D eigenvalue weighted by molar-refractivity contribution is -0.134. The van der Waals surface area contributed by atoms with Gasteiger partial charge in [-0.25, -0.2) is 8.42 Å². The van der Waals surface area contributed by atoms with Gasteiger partial charge in [0.2, 0.25) is 15.9 Å². The number of nitrogens with zero attached hydrogens (tertiary/aromatic N) is 1. The second-order valence-corrected chi connectivity index (χ2v) is 8.92. The summed E-state index contributed by atoms with van der Waals surface area (Å²) in [5.41, 5.74) is 2.00. The summed E-state index contributed by atoms with van der Waals surface area (Å²) in [5.74, 6) is -0.0875. The number of nitrogens with one attached hydrogen (secondary N) is 1. The zero-order chi connectivity index (χ0) is 20.2. The van der Waals surface area contributed by atoms with E-state index in [-0.39, 0.29) is 22.8 Å². The van der Waals surface area contributed by atoms with E-state index in [0.29, 0.717) is 0 Å². The van der Waals surface area contributed by atoms with Crippen LogP contribution in [-0.2, 0) is 14.8 Å². The molecule has 0 spiro atoms. The lowest BCUT2D eigenvalue weighted by Gasteiger charge is -2.33. The molecule has 0 aromatic heterocycles. The highest BCUT2D eigenvalue weighted by atomic mass is 32.2. The topological polar surface area (TPSA) is 66.5 Å². The number of likely N-dealkylation sites (N-methyl/N-ethyl adjacent to an activating group) is 1. The van der Waals surface area contributed by atoms with Crippen molar-refractivity contribution in [2.24, 2.45) is 5.92 Å². The molecule has 2 rings (SSSR count). The molecule has 1 amide bonds. The van der Waals surface area contributed by atoms with E-state index < -0.39 is 16.1 Å². The van der Waals surface area contributed by atoms with Gasteiger partial charge in [-0.2, -0.15) is 4.72 Å². The number of sulfonamides is 1. The quantitative estimate of drug-likeness (QED) is 0.789. The molecule has 0 aliphatic rings. The molecule has 5 nitrogen and oxygen atoms in total. The van der Waals surface area contributed by atoms with E-state index in [2.05, 4.69) is 4.72 Å². The lowest BCUT2D eigenvalue weighted by Crippen LogP contribution is -2.47. The summed E-state index contributed by atoms with van der Waals surface area (Å²) in [4.78, 5) is 14.7. The lowest BCUT2D eigenvalue weighted by atomic mass is 9.94. The Hall–Kier alpha value is -2.18. The van der Waals surface area contributed by atoms with Gasteiger partial charge in [-0.1, -0.05) is 61.9 Å². The van der Waals surface area contributed by atoms with Crippen molar-refractivity contribution in [2.45, 2.75) is 44.7 Å². The van der Waals surface area contributed by atoms with Crippen LogP contribution in [0.1, 0.15) is 37.9 Å². The number of benzene rings is 2. The highest BCUT2D eigenvalue weighted by Gasteiger charge is 2.30. The molecule has 27 heavy (non-hydrogen) atoms. The fraction of sp³-hybridized carbons (Fsp3) is 0.381. The number of rotatable bonds is 7. The molecule has 0 bridgehead atoms. The molecule has 0 saturated heterocycles. The van der Waals surface area contributed by atoms with Gasteiger partial charge in [-0.05, 0) is 37.5 Å². The molecule has 6 heteroatoms. The number of hydrogen-bond acceptors (Lipinski definition) is 3. The first-order chi connectivity index (χ1) is 12.6. The Labute approximate surface area is 162 Å². The molecule has 1 unspecified atom stereocenters. The van der Waals surface area contributed by atoms with Crippen molar-refractivity contribution in [2.75, 3.05) is 7.05 Å². The summed E-state index contributed by atoms with van der Waals surface area (Å²) >= 11 is 0. The smallest absolute Gasteiger partial charge is 0.241 e. The van der Waals surface area contributed by atoms with Gasteiger partial charge < -0.3 is 4.90 Å². The first kappa shape index (κ1) is 21.1. The Kier molecular flexibility index (Phi) is 6.78. The van der Waals surface area contributed by atoms with Gasteiger partial charge in [0.05, 0.1) is 17.0 Å². The standard InChI is InChI=1S/C21H28N2O3S/c1-15(2)20(18-9-7-6-8-10-18)23(5)21(24)17(4)22-27(25,26)19-13-11-16(3)12-14-19/h6-15,17,20,22H,1-5H3/t17-,20?/m0/s1. The summed E-state index contributed by atoms with van der Waals surface area (Å²) in [7, 11) is -2.04. The van der Waals surface area contributed by atoms with Crippen LogP contribution in [0.3, 0.4) is 0 Å². The molecule has 0 saturated carbocycles. The maximum absolute atomic E-state index is 12.9. The molecule has 0 radical (unpaired) electrons. The van der Waals surface area contributed by atoms with E-state index in [1.807, 2.05) is 51.1 Å². The van der Waals surface area contributed by atoms with Crippen LogP contribution in [0.25, 0.3) is 0 Å². The third-order valence-corrected chi connectivity index (χ3v) is 6.13. The maximum atomic E-state index is 12.9. The minimum atomic E-state index is -3.76. The molecule has 0 aliphatic heterocycles. The normalized spacial score (nSPS) is 14.0. The largest absolute Gasteiger partial charge is 0.337 e. The van der Waals surface area contributed by atoms with E-state index in [0.717, 1.165) is 11.1 Å². The van der Waals surface area contributed by atoms with Crippen molar-refractivity contribution in [3.05, 3.63) is 65.7 Å². The predicted octanol–water partition coefficient (Wildman–Crippen LogP) is 3.52. The van der Waals surface area contributed by atoms with Crippen molar-refractivity contribution in [1.29, 1.82) is 0 Å². The average molecular weight is 389 g/mol. The van der Waals surface area contributed by atoms with Gasteiger partial charge in [0.25, 0.3) is 0 Å². The Morgan fingerprint density at radius 2 is 1.52 bits per heavy atom. The maximum Gasteiger partial charge on any atom is 0.241 e. The first-order valence-corrected chi connectivity index (χ1v) is 10.5. The molecule has 0 fully saturated rings. The van der Waals surface area contributed by atoms with Crippen LogP contribution in [0.15, 0.2) is 59.5 Å². The Morgan fingerprint density at radius 1 is 0.963 bits per heavy atom. The molecule has 2 atom stereocenters. The van der Waals surface area contributed by atoms with Gasteiger partial charge in [-0.3, -0.25) is 4.79 Å². The van der Waals surface area contributed by atoms with Crippen molar-refractivity contribution >= 4 is 15.9 Å². The van der Waals surface area contributed by atoms with Crippen LogP contribution < -0.4 is 4.72 Å². The number of hydrogen-bond donors (Lipinski definition) is 1.